The smallest absolute Gasteiger partial charge is 0.321 e. The monoisotopic (exact) mass is 635 g/mol. The Bertz CT molecular complexity index is 1720. The summed E-state index contributed by atoms with van der Waals surface area (Å²) >= 11 is 3.44. The molecule has 0 aliphatic heterocycles. The lowest BCUT2D eigenvalue weighted by molar-refractivity contribution is -0.155. The standard InChI is InChI=1S/C31H24BrF2N3O5/c1-17-11-18(16-35)13-21(12-17)40-25-7-5-19(14-23(25)32)27(30(39)42-31(2,3)4)28(38)22-9-10-36-37-29(22)41-26-8-6-20(33)15-24(26)34/h5-15,27H,1-4H3. The van der Waals surface area contributed by atoms with Gasteiger partial charge >= 0.3 is 5.97 Å². The molecule has 11 heteroatoms. The molecule has 3 aromatic carbocycles. The minimum atomic E-state index is -1.48. The van der Waals surface area contributed by atoms with E-state index in [4.69, 9.17) is 14.2 Å². The van der Waals surface area contributed by atoms with E-state index in [1.807, 2.05) is 6.92 Å². The highest BCUT2D eigenvalue weighted by molar-refractivity contribution is 9.10. The van der Waals surface area contributed by atoms with Crippen molar-refractivity contribution in [2.45, 2.75) is 39.2 Å². The fourth-order valence-corrected chi connectivity index (χ4v) is 4.41. The maximum absolute atomic E-state index is 14.3. The molecule has 1 heterocycles. The molecular weight excluding hydrogens is 612 g/mol. The van der Waals surface area contributed by atoms with Gasteiger partial charge < -0.3 is 14.2 Å². The van der Waals surface area contributed by atoms with Crippen LogP contribution in [0.4, 0.5) is 8.78 Å². The highest BCUT2D eigenvalue weighted by Crippen LogP contribution is 2.36. The fraction of sp³-hybridized carbons (Fsp3) is 0.194. The summed E-state index contributed by atoms with van der Waals surface area (Å²) in [7, 11) is 0. The zero-order valence-electron chi connectivity index (χ0n) is 22.9. The number of halogens is 3. The summed E-state index contributed by atoms with van der Waals surface area (Å²) in [5, 5.41) is 16.8. The van der Waals surface area contributed by atoms with Crippen molar-refractivity contribution < 1.29 is 32.6 Å². The van der Waals surface area contributed by atoms with Crippen molar-refractivity contribution in [2.24, 2.45) is 0 Å². The lowest BCUT2D eigenvalue weighted by Gasteiger charge is -2.24. The van der Waals surface area contributed by atoms with Crippen molar-refractivity contribution in [3.63, 3.8) is 0 Å². The first-order valence-corrected chi connectivity index (χ1v) is 13.3. The second-order valence-corrected chi connectivity index (χ2v) is 11.1. The molecule has 1 unspecified atom stereocenters. The zero-order chi connectivity index (χ0) is 30.6. The molecule has 42 heavy (non-hydrogen) atoms. The van der Waals surface area contributed by atoms with Crippen LogP contribution in [0.2, 0.25) is 0 Å². The number of aryl methyl sites for hydroxylation is 1. The van der Waals surface area contributed by atoms with E-state index in [1.165, 1.54) is 24.4 Å². The SMILES string of the molecule is Cc1cc(C#N)cc(Oc2ccc(C(C(=O)OC(C)(C)C)C(=O)c3ccnnc3Oc3ccc(F)cc3F)cc2Br)c1. The molecule has 8 nitrogen and oxygen atoms in total. The predicted molar refractivity (Wildman–Crippen MR) is 151 cm³/mol. The van der Waals surface area contributed by atoms with Gasteiger partial charge in [-0.25, -0.2) is 8.78 Å². The van der Waals surface area contributed by atoms with Crippen LogP contribution in [0.25, 0.3) is 0 Å². The van der Waals surface area contributed by atoms with Crippen LogP contribution in [0.15, 0.2) is 71.3 Å². The van der Waals surface area contributed by atoms with Gasteiger partial charge in [0.05, 0.1) is 27.9 Å². The summed E-state index contributed by atoms with van der Waals surface area (Å²) in [6.07, 6.45) is 1.22. The Hall–Kier alpha value is -4.69. The Labute approximate surface area is 249 Å². The molecule has 0 N–H and O–H groups in total. The van der Waals surface area contributed by atoms with Crippen LogP contribution in [0, 0.1) is 29.9 Å². The van der Waals surface area contributed by atoms with Gasteiger partial charge in [-0.3, -0.25) is 9.59 Å². The molecule has 0 fully saturated rings. The molecule has 0 spiro atoms. The molecule has 4 rings (SSSR count). The summed E-state index contributed by atoms with van der Waals surface area (Å²) in [5.74, 6) is -4.89. The zero-order valence-corrected chi connectivity index (χ0v) is 24.5. The lowest BCUT2D eigenvalue weighted by atomic mass is 9.90. The molecule has 0 radical (unpaired) electrons. The fourth-order valence-electron chi connectivity index (χ4n) is 3.93. The summed E-state index contributed by atoms with van der Waals surface area (Å²) in [4.78, 5) is 27.4. The number of hydrogen-bond acceptors (Lipinski definition) is 8. The number of carbonyl (C=O) groups excluding carboxylic acids is 2. The van der Waals surface area contributed by atoms with Crippen LogP contribution in [-0.2, 0) is 9.53 Å². The normalized spacial score (nSPS) is 11.8. The third-order valence-corrected chi connectivity index (χ3v) is 6.27. The van der Waals surface area contributed by atoms with E-state index in [0.29, 0.717) is 27.6 Å². The average Bonchev–Trinajstić information content (AvgIpc) is 2.90. The van der Waals surface area contributed by atoms with Crippen LogP contribution < -0.4 is 9.47 Å². The van der Waals surface area contributed by atoms with Crippen molar-refractivity contribution in [2.75, 3.05) is 0 Å². The lowest BCUT2D eigenvalue weighted by Crippen LogP contribution is -2.31. The van der Waals surface area contributed by atoms with Crippen molar-refractivity contribution >= 4 is 27.7 Å². The Morgan fingerprint density at radius 3 is 2.38 bits per heavy atom. The van der Waals surface area contributed by atoms with Crippen LogP contribution in [0.3, 0.4) is 0 Å². The second kappa shape index (κ2) is 12.4. The molecule has 4 aromatic rings. The number of benzene rings is 3. The van der Waals surface area contributed by atoms with Crippen molar-refractivity contribution in [3.05, 3.63) is 105 Å². The van der Waals surface area contributed by atoms with E-state index in [2.05, 4.69) is 32.2 Å². The molecule has 214 valence electrons. The number of ether oxygens (including phenoxy) is 3. The Morgan fingerprint density at radius 2 is 1.71 bits per heavy atom. The number of hydrogen-bond donors (Lipinski definition) is 0. The van der Waals surface area contributed by atoms with Crippen molar-refractivity contribution in [1.82, 2.24) is 10.2 Å². The first kappa shape index (κ1) is 30.3. The van der Waals surface area contributed by atoms with E-state index in [0.717, 1.165) is 17.7 Å². The first-order chi connectivity index (χ1) is 19.8. The summed E-state index contributed by atoms with van der Waals surface area (Å²) in [5.41, 5.74) is 0.415. The quantitative estimate of drug-likeness (QED) is 0.111. The molecule has 1 aromatic heterocycles. The van der Waals surface area contributed by atoms with E-state index >= 15 is 0 Å². The molecular formula is C31H24BrF2N3O5. The number of nitriles is 1. The van der Waals surface area contributed by atoms with Gasteiger partial charge in [-0.15, -0.1) is 5.10 Å². The van der Waals surface area contributed by atoms with Crippen molar-refractivity contribution in [1.29, 1.82) is 5.26 Å². The predicted octanol–water partition coefficient (Wildman–Crippen LogP) is 7.59. The maximum Gasteiger partial charge on any atom is 0.321 e. The van der Waals surface area contributed by atoms with Gasteiger partial charge in [-0.1, -0.05) is 6.07 Å². The number of carbonyl (C=O) groups is 2. The number of aromatic nitrogens is 2. The maximum atomic E-state index is 14.3. The van der Waals surface area contributed by atoms with Crippen LogP contribution in [0.1, 0.15) is 53.7 Å². The number of esters is 1. The van der Waals surface area contributed by atoms with Gasteiger partial charge in [0.1, 0.15) is 28.8 Å². The number of nitrogens with zero attached hydrogens (tertiary/aromatic N) is 3. The Balaban J connectivity index is 1.72. The van der Waals surface area contributed by atoms with Crippen LogP contribution in [0.5, 0.6) is 23.1 Å². The molecule has 0 saturated heterocycles. The largest absolute Gasteiger partial charge is 0.459 e. The van der Waals surface area contributed by atoms with Gasteiger partial charge in [0.25, 0.3) is 0 Å². The topological polar surface area (TPSA) is 111 Å². The Kier molecular flexibility index (Phi) is 8.97. The second-order valence-electron chi connectivity index (χ2n) is 10.2. The first-order valence-electron chi connectivity index (χ1n) is 12.6. The van der Waals surface area contributed by atoms with Crippen molar-refractivity contribution in [3.8, 4) is 29.2 Å². The molecule has 0 aliphatic rings. The molecule has 0 bridgehead atoms. The number of rotatable bonds is 8. The molecule has 0 aliphatic carbocycles. The number of Topliss-reactive ketones (excluding diaryl/α,β-unsaturated/α-hetero) is 1. The highest BCUT2D eigenvalue weighted by Gasteiger charge is 2.36. The summed E-state index contributed by atoms with van der Waals surface area (Å²) in [6.45, 7) is 6.82. The highest BCUT2D eigenvalue weighted by atomic mass is 79.9. The van der Waals surface area contributed by atoms with Gasteiger partial charge in [0.2, 0.25) is 5.88 Å². The van der Waals surface area contributed by atoms with E-state index < -0.39 is 34.9 Å². The van der Waals surface area contributed by atoms with Crippen LogP contribution in [-0.4, -0.2) is 27.6 Å². The molecule has 0 amide bonds. The third-order valence-electron chi connectivity index (χ3n) is 5.65. The Morgan fingerprint density at radius 1 is 0.976 bits per heavy atom. The van der Waals surface area contributed by atoms with Gasteiger partial charge in [-0.2, -0.15) is 10.4 Å². The van der Waals surface area contributed by atoms with E-state index in [1.54, 1.807) is 45.0 Å². The third kappa shape index (κ3) is 7.33. The number of ketones is 1. The summed E-state index contributed by atoms with van der Waals surface area (Å²) in [6, 6.07) is 15.7. The minimum absolute atomic E-state index is 0.176. The average molecular weight is 636 g/mol. The summed E-state index contributed by atoms with van der Waals surface area (Å²) < 4.78 is 45.1. The molecule has 0 saturated carbocycles. The van der Waals surface area contributed by atoms with Gasteiger partial charge in [0, 0.05) is 6.07 Å². The van der Waals surface area contributed by atoms with Gasteiger partial charge in [0.15, 0.2) is 17.3 Å². The van der Waals surface area contributed by atoms with E-state index in [-0.39, 0.29) is 22.8 Å². The molecule has 1 atom stereocenters. The van der Waals surface area contributed by atoms with E-state index in [9.17, 15) is 23.6 Å². The van der Waals surface area contributed by atoms with Gasteiger partial charge in [-0.05, 0) is 103 Å². The van der Waals surface area contributed by atoms with Crippen LogP contribution >= 0.6 is 15.9 Å². The minimum Gasteiger partial charge on any atom is -0.459 e.